The molecule has 1 nitrogen and oxygen atoms in total. The Kier molecular flexibility index (Phi) is 4.61. The summed E-state index contributed by atoms with van der Waals surface area (Å²) < 4.78 is 13.0. The van der Waals surface area contributed by atoms with Crippen molar-refractivity contribution in [2.45, 2.75) is 11.3 Å². The second kappa shape index (κ2) is 6.22. The number of ketones is 1. The minimum atomic E-state index is -0.332. The van der Waals surface area contributed by atoms with Crippen molar-refractivity contribution in [3.63, 3.8) is 0 Å². The van der Waals surface area contributed by atoms with E-state index >= 15 is 0 Å². The van der Waals surface area contributed by atoms with Crippen molar-refractivity contribution >= 4 is 29.1 Å². The number of Topliss-reactive ketones (excluding diaryl/α,β-unsaturated/α-hetero) is 1. The third kappa shape index (κ3) is 3.58. The molecule has 0 spiro atoms. The smallest absolute Gasteiger partial charge is 0.167 e. The number of rotatable bonds is 4. The zero-order valence-electron chi connectivity index (χ0n) is 10.3. The quantitative estimate of drug-likeness (QED) is 0.604. The first-order chi connectivity index (χ1) is 9.10. The first-order valence-corrected chi connectivity index (χ1v) is 7.31. The van der Waals surface area contributed by atoms with Crippen LogP contribution in [0.25, 0.3) is 0 Å². The Hall–Kier alpha value is -1.32. The molecule has 0 saturated heterocycles. The normalized spacial score (nSPS) is 10.5. The van der Waals surface area contributed by atoms with E-state index in [0.29, 0.717) is 16.1 Å². The maximum Gasteiger partial charge on any atom is 0.167 e. The lowest BCUT2D eigenvalue weighted by Crippen LogP contribution is -2.03. The van der Waals surface area contributed by atoms with Crippen LogP contribution >= 0.6 is 23.4 Å². The highest BCUT2D eigenvalue weighted by Crippen LogP contribution is 2.26. The molecule has 19 heavy (non-hydrogen) atoms. The highest BCUT2D eigenvalue weighted by molar-refractivity contribution is 7.98. The van der Waals surface area contributed by atoms with Crippen molar-refractivity contribution in [2.24, 2.45) is 0 Å². The van der Waals surface area contributed by atoms with Gasteiger partial charge in [0, 0.05) is 16.9 Å². The van der Waals surface area contributed by atoms with Gasteiger partial charge in [0.05, 0.1) is 5.02 Å². The van der Waals surface area contributed by atoms with Gasteiger partial charge in [-0.1, -0.05) is 29.8 Å². The molecule has 0 bridgehead atoms. The Labute approximate surface area is 120 Å². The Balaban J connectivity index is 2.18. The fourth-order valence-corrected chi connectivity index (χ4v) is 2.64. The molecule has 0 saturated carbocycles. The highest BCUT2D eigenvalue weighted by atomic mass is 35.5. The van der Waals surface area contributed by atoms with Gasteiger partial charge in [-0.25, -0.2) is 4.39 Å². The SMILES string of the molecule is CSc1ccc(C(=O)Cc2cccc(F)c2)cc1Cl. The molecule has 0 N–H and O–H groups in total. The summed E-state index contributed by atoms with van der Waals surface area (Å²) in [5.41, 5.74) is 1.21. The van der Waals surface area contributed by atoms with E-state index in [1.807, 2.05) is 12.3 Å². The van der Waals surface area contributed by atoms with E-state index in [4.69, 9.17) is 11.6 Å². The molecule has 0 heterocycles. The molecule has 0 fully saturated rings. The minimum absolute atomic E-state index is 0.0693. The Morgan fingerprint density at radius 1 is 1.26 bits per heavy atom. The number of carbonyl (C=O) groups is 1. The molecule has 98 valence electrons. The molecule has 0 aliphatic carbocycles. The Morgan fingerprint density at radius 2 is 2.05 bits per heavy atom. The first-order valence-electron chi connectivity index (χ1n) is 5.71. The van der Waals surface area contributed by atoms with Gasteiger partial charge < -0.3 is 0 Å². The number of hydrogen-bond donors (Lipinski definition) is 0. The first kappa shape index (κ1) is 14.1. The van der Waals surface area contributed by atoms with Crippen molar-refractivity contribution in [1.29, 1.82) is 0 Å². The third-order valence-corrected chi connectivity index (χ3v) is 3.95. The summed E-state index contributed by atoms with van der Waals surface area (Å²) in [6.07, 6.45) is 2.10. The van der Waals surface area contributed by atoms with Gasteiger partial charge in [-0.2, -0.15) is 0 Å². The van der Waals surface area contributed by atoms with Crippen molar-refractivity contribution in [1.82, 2.24) is 0 Å². The van der Waals surface area contributed by atoms with E-state index < -0.39 is 0 Å². The second-order valence-corrected chi connectivity index (χ2v) is 5.33. The zero-order chi connectivity index (χ0) is 13.8. The molecule has 0 aliphatic heterocycles. The van der Waals surface area contributed by atoms with Crippen LogP contribution in [0.2, 0.25) is 5.02 Å². The van der Waals surface area contributed by atoms with E-state index in [2.05, 4.69) is 0 Å². The molecule has 0 aromatic heterocycles. The van der Waals surface area contributed by atoms with Gasteiger partial charge in [-0.05, 0) is 36.1 Å². The van der Waals surface area contributed by atoms with E-state index in [1.54, 1.807) is 24.3 Å². The average molecular weight is 295 g/mol. The van der Waals surface area contributed by atoms with Gasteiger partial charge >= 0.3 is 0 Å². The molecule has 0 unspecified atom stereocenters. The van der Waals surface area contributed by atoms with Crippen molar-refractivity contribution in [3.05, 3.63) is 64.4 Å². The van der Waals surface area contributed by atoms with Gasteiger partial charge in [-0.15, -0.1) is 11.8 Å². The van der Waals surface area contributed by atoms with Crippen LogP contribution in [0.5, 0.6) is 0 Å². The molecule has 0 atom stereocenters. The molecule has 2 rings (SSSR count). The Bertz CT molecular complexity index is 613. The lowest BCUT2D eigenvalue weighted by Gasteiger charge is -2.05. The van der Waals surface area contributed by atoms with Gasteiger partial charge in [-0.3, -0.25) is 4.79 Å². The van der Waals surface area contributed by atoms with Crippen LogP contribution in [-0.4, -0.2) is 12.0 Å². The summed E-state index contributed by atoms with van der Waals surface area (Å²) in [6, 6.07) is 11.3. The van der Waals surface area contributed by atoms with E-state index in [0.717, 1.165) is 4.90 Å². The molecule has 0 aliphatic rings. The lowest BCUT2D eigenvalue weighted by atomic mass is 10.0. The van der Waals surface area contributed by atoms with Gasteiger partial charge in [0.25, 0.3) is 0 Å². The second-order valence-electron chi connectivity index (χ2n) is 4.08. The van der Waals surface area contributed by atoms with E-state index in [9.17, 15) is 9.18 Å². The van der Waals surface area contributed by atoms with Crippen LogP contribution in [0.15, 0.2) is 47.4 Å². The summed E-state index contributed by atoms with van der Waals surface area (Å²) in [5.74, 6) is -0.402. The van der Waals surface area contributed by atoms with E-state index in [-0.39, 0.29) is 18.0 Å². The van der Waals surface area contributed by atoms with Crippen molar-refractivity contribution in [2.75, 3.05) is 6.26 Å². The lowest BCUT2D eigenvalue weighted by molar-refractivity contribution is 0.0993. The van der Waals surface area contributed by atoms with E-state index in [1.165, 1.54) is 23.9 Å². The largest absolute Gasteiger partial charge is 0.294 e. The maximum atomic E-state index is 13.0. The molecule has 0 radical (unpaired) electrons. The van der Waals surface area contributed by atoms with Crippen molar-refractivity contribution < 1.29 is 9.18 Å². The fourth-order valence-electron chi connectivity index (χ4n) is 1.77. The monoisotopic (exact) mass is 294 g/mol. The summed E-state index contributed by atoms with van der Waals surface area (Å²) >= 11 is 7.60. The number of thioether (sulfide) groups is 1. The number of carbonyl (C=O) groups excluding carboxylic acids is 1. The predicted octanol–water partition coefficient (Wildman–Crippen LogP) is 4.63. The van der Waals surface area contributed by atoms with Crippen LogP contribution < -0.4 is 0 Å². The number of halogens is 2. The van der Waals surface area contributed by atoms with Gasteiger partial charge in [0.15, 0.2) is 5.78 Å². The average Bonchev–Trinajstić information content (AvgIpc) is 2.38. The minimum Gasteiger partial charge on any atom is -0.294 e. The summed E-state index contributed by atoms with van der Waals surface area (Å²) in [7, 11) is 0. The summed E-state index contributed by atoms with van der Waals surface area (Å²) in [5, 5.41) is 0.567. The standard InChI is InChI=1S/C15H12ClFOS/c1-19-15-6-5-11(9-13(15)16)14(18)8-10-3-2-4-12(17)7-10/h2-7,9H,8H2,1H3. The summed E-state index contributed by atoms with van der Waals surface area (Å²) in [6.45, 7) is 0. The summed E-state index contributed by atoms with van der Waals surface area (Å²) in [4.78, 5) is 13.0. The molecular weight excluding hydrogens is 283 g/mol. The topological polar surface area (TPSA) is 17.1 Å². The highest BCUT2D eigenvalue weighted by Gasteiger charge is 2.10. The van der Waals surface area contributed by atoms with Crippen LogP contribution in [0.3, 0.4) is 0 Å². The Morgan fingerprint density at radius 3 is 2.68 bits per heavy atom. The third-order valence-electron chi connectivity index (χ3n) is 2.73. The number of hydrogen-bond acceptors (Lipinski definition) is 2. The predicted molar refractivity (Wildman–Crippen MR) is 77.7 cm³/mol. The zero-order valence-corrected chi connectivity index (χ0v) is 11.9. The van der Waals surface area contributed by atoms with Gasteiger partial charge in [0.1, 0.15) is 5.82 Å². The molecule has 2 aromatic rings. The molecular formula is C15H12ClFOS. The maximum absolute atomic E-state index is 13.0. The van der Waals surface area contributed by atoms with Crippen LogP contribution in [-0.2, 0) is 6.42 Å². The van der Waals surface area contributed by atoms with Crippen LogP contribution in [0, 0.1) is 5.82 Å². The fraction of sp³-hybridized carbons (Fsp3) is 0.133. The molecule has 4 heteroatoms. The number of benzene rings is 2. The van der Waals surface area contributed by atoms with Crippen LogP contribution in [0.1, 0.15) is 15.9 Å². The van der Waals surface area contributed by atoms with Gasteiger partial charge in [0.2, 0.25) is 0 Å². The van der Waals surface area contributed by atoms with Crippen molar-refractivity contribution in [3.8, 4) is 0 Å². The molecule has 0 amide bonds. The molecule has 2 aromatic carbocycles. The van der Waals surface area contributed by atoms with Crippen LogP contribution in [0.4, 0.5) is 4.39 Å².